The second kappa shape index (κ2) is 7.11. The molecule has 1 rings (SSSR count). The number of hydrogen-bond acceptors (Lipinski definition) is 3. The summed E-state index contributed by atoms with van der Waals surface area (Å²) in [6.07, 6.45) is 3.00. The fraction of sp³-hybridized carbons (Fsp3) is 0.571. The molecule has 1 atom stereocenters. The van der Waals surface area contributed by atoms with Gasteiger partial charge in [-0.25, -0.2) is 0 Å². The van der Waals surface area contributed by atoms with Crippen LogP contribution < -0.4 is 0 Å². The summed E-state index contributed by atoms with van der Waals surface area (Å²) in [5.41, 5.74) is 2.22. The maximum Gasteiger partial charge on any atom is 0.224 e. The SMILES string of the molecule is COCCC(=O)N(C)[C@H](C)Cc1ncccc1C. The van der Waals surface area contributed by atoms with Gasteiger partial charge in [0.25, 0.3) is 0 Å². The Bertz CT molecular complexity index is 393. The van der Waals surface area contributed by atoms with Crippen LogP contribution in [-0.4, -0.2) is 42.6 Å². The molecular weight excluding hydrogens is 228 g/mol. The van der Waals surface area contributed by atoms with Gasteiger partial charge in [0.2, 0.25) is 5.91 Å². The fourth-order valence-corrected chi connectivity index (χ4v) is 1.76. The molecule has 0 aromatic carbocycles. The van der Waals surface area contributed by atoms with Gasteiger partial charge in [-0.15, -0.1) is 0 Å². The highest BCUT2D eigenvalue weighted by Crippen LogP contribution is 2.10. The first-order chi connectivity index (χ1) is 8.56. The molecule has 0 aliphatic heterocycles. The van der Waals surface area contributed by atoms with Crippen molar-refractivity contribution in [3.05, 3.63) is 29.6 Å². The van der Waals surface area contributed by atoms with Gasteiger partial charge < -0.3 is 9.64 Å². The van der Waals surface area contributed by atoms with Crippen LogP contribution in [0.4, 0.5) is 0 Å². The average Bonchev–Trinajstić information content (AvgIpc) is 2.37. The Balaban J connectivity index is 2.57. The molecular formula is C14H22N2O2. The molecule has 0 unspecified atom stereocenters. The quantitative estimate of drug-likeness (QED) is 0.773. The summed E-state index contributed by atoms with van der Waals surface area (Å²) in [6, 6.07) is 4.11. The zero-order valence-electron chi connectivity index (χ0n) is 11.6. The van der Waals surface area contributed by atoms with Crippen molar-refractivity contribution in [3.63, 3.8) is 0 Å². The molecule has 0 N–H and O–H groups in total. The summed E-state index contributed by atoms with van der Waals surface area (Å²) in [4.78, 5) is 18.0. The summed E-state index contributed by atoms with van der Waals surface area (Å²) in [5.74, 6) is 0.109. The Labute approximate surface area is 109 Å². The van der Waals surface area contributed by atoms with Gasteiger partial charge in [-0.1, -0.05) is 6.07 Å². The van der Waals surface area contributed by atoms with Crippen LogP contribution in [0.1, 0.15) is 24.6 Å². The number of ether oxygens (including phenoxy) is 1. The zero-order valence-corrected chi connectivity index (χ0v) is 11.6. The third-order valence-electron chi connectivity index (χ3n) is 3.18. The Morgan fingerprint density at radius 2 is 2.28 bits per heavy atom. The number of hydrogen-bond donors (Lipinski definition) is 0. The predicted molar refractivity (Wildman–Crippen MR) is 71.4 cm³/mol. The number of nitrogens with zero attached hydrogens (tertiary/aromatic N) is 2. The molecule has 0 saturated heterocycles. The van der Waals surface area contributed by atoms with E-state index in [9.17, 15) is 4.79 Å². The molecule has 0 aliphatic carbocycles. The number of pyridine rings is 1. The molecule has 1 aromatic heterocycles. The lowest BCUT2D eigenvalue weighted by molar-refractivity contribution is -0.132. The van der Waals surface area contributed by atoms with Gasteiger partial charge in [0.05, 0.1) is 13.0 Å². The van der Waals surface area contributed by atoms with Crippen LogP contribution in [0.25, 0.3) is 0 Å². The van der Waals surface area contributed by atoms with Crippen molar-refractivity contribution < 1.29 is 9.53 Å². The molecule has 0 aliphatic rings. The van der Waals surface area contributed by atoms with Gasteiger partial charge in [-0.3, -0.25) is 9.78 Å². The van der Waals surface area contributed by atoms with Crippen molar-refractivity contribution in [2.75, 3.05) is 20.8 Å². The third kappa shape index (κ3) is 4.11. The largest absolute Gasteiger partial charge is 0.384 e. The van der Waals surface area contributed by atoms with Crippen LogP contribution in [0.2, 0.25) is 0 Å². The third-order valence-corrected chi connectivity index (χ3v) is 3.18. The van der Waals surface area contributed by atoms with E-state index >= 15 is 0 Å². The maximum atomic E-state index is 11.8. The lowest BCUT2D eigenvalue weighted by Gasteiger charge is -2.25. The van der Waals surface area contributed by atoms with Crippen LogP contribution in [0.15, 0.2) is 18.3 Å². The van der Waals surface area contributed by atoms with Crippen molar-refractivity contribution in [2.45, 2.75) is 32.7 Å². The van der Waals surface area contributed by atoms with Crippen LogP contribution in [0, 0.1) is 6.92 Å². The number of aryl methyl sites for hydroxylation is 1. The van der Waals surface area contributed by atoms with Crippen molar-refractivity contribution in [1.82, 2.24) is 9.88 Å². The maximum absolute atomic E-state index is 11.8. The highest BCUT2D eigenvalue weighted by atomic mass is 16.5. The first kappa shape index (κ1) is 14.6. The Morgan fingerprint density at radius 3 is 2.89 bits per heavy atom. The molecule has 4 heteroatoms. The molecule has 4 nitrogen and oxygen atoms in total. The molecule has 1 aromatic rings. The molecule has 100 valence electrons. The van der Waals surface area contributed by atoms with Gasteiger partial charge in [-0.2, -0.15) is 0 Å². The molecule has 0 radical (unpaired) electrons. The van der Waals surface area contributed by atoms with E-state index in [1.807, 2.05) is 33.0 Å². The predicted octanol–water partition coefficient (Wildman–Crippen LogP) is 1.82. The molecule has 0 saturated carbocycles. The minimum Gasteiger partial charge on any atom is -0.384 e. The van der Waals surface area contributed by atoms with Gasteiger partial charge in [0.1, 0.15) is 0 Å². The van der Waals surface area contributed by atoms with Crippen LogP contribution >= 0.6 is 0 Å². The van der Waals surface area contributed by atoms with E-state index in [1.165, 1.54) is 5.56 Å². The number of carbonyl (C=O) groups excluding carboxylic acids is 1. The van der Waals surface area contributed by atoms with E-state index in [-0.39, 0.29) is 11.9 Å². The van der Waals surface area contributed by atoms with Crippen molar-refractivity contribution in [2.24, 2.45) is 0 Å². The van der Waals surface area contributed by atoms with Crippen molar-refractivity contribution >= 4 is 5.91 Å². The molecule has 1 heterocycles. The van der Waals surface area contributed by atoms with E-state index in [0.717, 1.165) is 12.1 Å². The number of methoxy groups -OCH3 is 1. The lowest BCUT2D eigenvalue weighted by atomic mass is 10.1. The first-order valence-corrected chi connectivity index (χ1v) is 6.21. The smallest absolute Gasteiger partial charge is 0.224 e. The lowest BCUT2D eigenvalue weighted by Crippen LogP contribution is -2.37. The average molecular weight is 250 g/mol. The topological polar surface area (TPSA) is 42.4 Å². The Morgan fingerprint density at radius 1 is 1.56 bits per heavy atom. The summed E-state index contributed by atoms with van der Waals surface area (Å²) in [7, 11) is 3.44. The van der Waals surface area contributed by atoms with Crippen LogP contribution in [0.3, 0.4) is 0 Å². The van der Waals surface area contributed by atoms with Gasteiger partial charge in [0, 0.05) is 38.5 Å². The Hall–Kier alpha value is -1.42. The number of aromatic nitrogens is 1. The standard InChI is InChI=1S/C14H22N2O2/c1-11-6-5-8-15-13(11)10-12(2)16(3)14(17)7-9-18-4/h5-6,8,12H,7,9-10H2,1-4H3/t12-/m1/s1. The molecule has 0 bridgehead atoms. The number of carbonyl (C=O) groups is 1. The fourth-order valence-electron chi connectivity index (χ4n) is 1.76. The van der Waals surface area contributed by atoms with Gasteiger partial charge in [0.15, 0.2) is 0 Å². The molecule has 0 spiro atoms. The normalized spacial score (nSPS) is 12.2. The van der Waals surface area contributed by atoms with E-state index in [1.54, 1.807) is 18.2 Å². The van der Waals surface area contributed by atoms with Crippen LogP contribution in [0.5, 0.6) is 0 Å². The second-order valence-electron chi connectivity index (χ2n) is 4.57. The number of amides is 1. The monoisotopic (exact) mass is 250 g/mol. The Kier molecular flexibility index (Phi) is 5.78. The van der Waals surface area contributed by atoms with Crippen molar-refractivity contribution in [3.8, 4) is 0 Å². The zero-order chi connectivity index (χ0) is 13.5. The number of rotatable bonds is 6. The second-order valence-corrected chi connectivity index (χ2v) is 4.57. The minimum absolute atomic E-state index is 0.109. The van der Waals surface area contributed by atoms with Crippen molar-refractivity contribution in [1.29, 1.82) is 0 Å². The summed E-state index contributed by atoms with van der Waals surface area (Å²) >= 11 is 0. The van der Waals surface area contributed by atoms with E-state index in [2.05, 4.69) is 4.98 Å². The molecule has 0 fully saturated rings. The minimum atomic E-state index is 0.109. The molecule has 18 heavy (non-hydrogen) atoms. The summed E-state index contributed by atoms with van der Waals surface area (Å²) in [6.45, 7) is 4.55. The summed E-state index contributed by atoms with van der Waals surface area (Å²) in [5, 5.41) is 0. The van der Waals surface area contributed by atoms with E-state index in [4.69, 9.17) is 4.74 Å². The first-order valence-electron chi connectivity index (χ1n) is 6.21. The highest BCUT2D eigenvalue weighted by Gasteiger charge is 2.16. The highest BCUT2D eigenvalue weighted by molar-refractivity contribution is 5.76. The summed E-state index contributed by atoms with van der Waals surface area (Å²) < 4.78 is 4.92. The van der Waals surface area contributed by atoms with E-state index in [0.29, 0.717) is 13.0 Å². The molecule has 1 amide bonds. The number of likely N-dealkylation sites (N-methyl/N-ethyl adjacent to an activating group) is 1. The van der Waals surface area contributed by atoms with E-state index < -0.39 is 0 Å². The van der Waals surface area contributed by atoms with Gasteiger partial charge >= 0.3 is 0 Å². The van der Waals surface area contributed by atoms with Gasteiger partial charge in [-0.05, 0) is 25.5 Å². The van der Waals surface area contributed by atoms with Crippen LogP contribution in [-0.2, 0) is 16.0 Å².